The van der Waals surface area contributed by atoms with Crippen LogP contribution in [-0.2, 0) is 17.7 Å². The number of hydrogen-bond donors (Lipinski definition) is 0. The van der Waals surface area contributed by atoms with Gasteiger partial charge in [0.1, 0.15) is 0 Å². The highest BCUT2D eigenvalue weighted by Crippen LogP contribution is 2.23. The van der Waals surface area contributed by atoms with E-state index in [1.165, 1.54) is 12.1 Å². The summed E-state index contributed by atoms with van der Waals surface area (Å²) in [5, 5.41) is 0.534. The van der Waals surface area contributed by atoms with Gasteiger partial charge in [0.05, 0.1) is 16.7 Å². The second-order valence-corrected chi connectivity index (χ2v) is 5.52. The predicted octanol–water partition coefficient (Wildman–Crippen LogP) is 3.18. The lowest BCUT2D eigenvalue weighted by Crippen LogP contribution is -2.32. The van der Waals surface area contributed by atoms with Crippen LogP contribution in [-0.4, -0.2) is 22.8 Å². The average molecular weight is 323 g/mol. The number of amides is 2. The van der Waals surface area contributed by atoms with Crippen LogP contribution in [0.3, 0.4) is 0 Å². The molecule has 0 bridgehead atoms. The van der Waals surface area contributed by atoms with Gasteiger partial charge in [0, 0.05) is 0 Å². The monoisotopic (exact) mass is 323 g/mol. The molecule has 0 N–H and O–H groups in total. The smallest absolute Gasteiger partial charge is 0.324 e. The minimum atomic E-state index is -0.721. The maximum absolute atomic E-state index is 12.3. The molecule has 0 aromatic heterocycles. The molecule has 0 saturated heterocycles. The van der Waals surface area contributed by atoms with Gasteiger partial charge in [-0.2, -0.15) is 0 Å². The molecule has 1 heterocycles. The first kappa shape index (κ1) is 15.9. The van der Waals surface area contributed by atoms with E-state index in [2.05, 4.69) is 0 Å². The van der Waals surface area contributed by atoms with Crippen molar-refractivity contribution < 1.29 is 19.2 Å². The Kier molecular flexibility index (Phi) is 4.16. The molecule has 0 atom stereocenters. The molecule has 0 fully saturated rings. The van der Waals surface area contributed by atoms with Crippen molar-refractivity contribution in [3.8, 4) is 0 Å². The number of carbonyl (C=O) groups excluding carboxylic acids is 3. The van der Waals surface area contributed by atoms with E-state index >= 15 is 0 Å². The molecule has 2 amide bonds. The van der Waals surface area contributed by atoms with Gasteiger partial charge in [-0.15, -0.1) is 0 Å². The summed E-state index contributed by atoms with van der Waals surface area (Å²) < 4.78 is 0. The molecule has 1 aliphatic rings. The summed E-state index contributed by atoms with van der Waals surface area (Å²) in [5.41, 5.74) is 3.02. The largest absolute Gasteiger partial charge is 0.363 e. The number of hydrogen-bond acceptors (Lipinski definition) is 4. The van der Waals surface area contributed by atoms with E-state index in [1.807, 2.05) is 19.9 Å². The molecule has 5 heteroatoms. The number of carbonyl (C=O) groups is 3. The molecule has 24 heavy (non-hydrogen) atoms. The Bertz CT molecular complexity index is 806. The van der Waals surface area contributed by atoms with Crippen molar-refractivity contribution >= 4 is 17.8 Å². The number of fused-ring (bicyclic) bond motifs is 1. The zero-order valence-electron chi connectivity index (χ0n) is 13.5. The van der Waals surface area contributed by atoms with E-state index in [0.717, 1.165) is 24.0 Å². The Labute approximate surface area is 139 Å². The van der Waals surface area contributed by atoms with Crippen LogP contribution >= 0.6 is 0 Å². The summed E-state index contributed by atoms with van der Waals surface area (Å²) in [5.74, 6) is -1.96. The second kappa shape index (κ2) is 6.28. The second-order valence-electron chi connectivity index (χ2n) is 5.52. The summed E-state index contributed by atoms with van der Waals surface area (Å²) in [7, 11) is 0. The lowest BCUT2D eigenvalue weighted by molar-refractivity contribution is -0.0584. The zero-order valence-corrected chi connectivity index (χ0v) is 13.5. The highest BCUT2D eigenvalue weighted by Gasteiger charge is 2.38. The number of aryl methyl sites for hydroxylation is 2. The van der Waals surface area contributed by atoms with Crippen molar-refractivity contribution in [2.24, 2.45) is 0 Å². The molecule has 5 nitrogen and oxygen atoms in total. The lowest BCUT2D eigenvalue weighted by atomic mass is 10.0. The molecular weight excluding hydrogens is 306 g/mol. The van der Waals surface area contributed by atoms with Gasteiger partial charge in [0.25, 0.3) is 11.8 Å². The van der Waals surface area contributed by atoms with Gasteiger partial charge in [0.2, 0.25) is 0 Å². The Morgan fingerprint density at radius 1 is 0.917 bits per heavy atom. The summed E-state index contributed by atoms with van der Waals surface area (Å²) in [6, 6.07) is 11.7. The van der Waals surface area contributed by atoms with Crippen LogP contribution < -0.4 is 0 Å². The molecule has 122 valence electrons. The van der Waals surface area contributed by atoms with Crippen molar-refractivity contribution in [3.63, 3.8) is 0 Å². The fourth-order valence-electron chi connectivity index (χ4n) is 2.81. The minimum absolute atomic E-state index is 0.242. The highest BCUT2D eigenvalue weighted by atomic mass is 16.7. The van der Waals surface area contributed by atoms with E-state index in [9.17, 15) is 14.4 Å². The summed E-state index contributed by atoms with van der Waals surface area (Å²) in [4.78, 5) is 41.9. The van der Waals surface area contributed by atoms with Crippen LogP contribution in [0.25, 0.3) is 0 Å². The number of nitrogens with zero attached hydrogens (tertiary/aromatic N) is 1. The number of hydroxylamine groups is 2. The van der Waals surface area contributed by atoms with Gasteiger partial charge in [-0.05, 0) is 48.2 Å². The van der Waals surface area contributed by atoms with Gasteiger partial charge < -0.3 is 4.84 Å². The third kappa shape index (κ3) is 2.58. The van der Waals surface area contributed by atoms with Crippen LogP contribution in [0.4, 0.5) is 0 Å². The van der Waals surface area contributed by atoms with Gasteiger partial charge >= 0.3 is 5.97 Å². The fraction of sp³-hybridized carbons (Fsp3) is 0.211. The topological polar surface area (TPSA) is 63.7 Å². The van der Waals surface area contributed by atoms with E-state index in [1.54, 1.807) is 24.3 Å². The van der Waals surface area contributed by atoms with E-state index in [0.29, 0.717) is 10.6 Å². The molecule has 3 rings (SSSR count). The van der Waals surface area contributed by atoms with Crippen molar-refractivity contribution in [2.45, 2.75) is 26.7 Å². The van der Waals surface area contributed by atoms with Crippen LogP contribution in [0.1, 0.15) is 56.0 Å². The first-order valence-electron chi connectivity index (χ1n) is 7.88. The molecule has 0 spiro atoms. The summed E-state index contributed by atoms with van der Waals surface area (Å²) in [6.45, 7) is 4.05. The van der Waals surface area contributed by atoms with Crippen molar-refractivity contribution in [1.29, 1.82) is 0 Å². The Balaban J connectivity index is 1.84. The van der Waals surface area contributed by atoms with E-state index < -0.39 is 17.8 Å². The normalized spacial score (nSPS) is 13.2. The quantitative estimate of drug-likeness (QED) is 0.811. The Morgan fingerprint density at radius 2 is 1.50 bits per heavy atom. The number of rotatable bonds is 4. The molecule has 1 aliphatic heterocycles. The van der Waals surface area contributed by atoms with E-state index in [-0.39, 0.29) is 11.1 Å². The number of benzene rings is 2. The zero-order chi connectivity index (χ0) is 17.3. The summed E-state index contributed by atoms with van der Waals surface area (Å²) in [6.07, 6.45) is 1.66. The van der Waals surface area contributed by atoms with Gasteiger partial charge in [-0.25, -0.2) is 4.79 Å². The van der Waals surface area contributed by atoms with Crippen LogP contribution in [0.5, 0.6) is 0 Å². The molecule has 0 aliphatic carbocycles. The fourth-order valence-corrected chi connectivity index (χ4v) is 2.81. The Hall–Kier alpha value is -2.95. The minimum Gasteiger partial charge on any atom is -0.324 e. The maximum Gasteiger partial charge on any atom is 0.363 e. The van der Waals surface area contributed by atoms with Gasteiger partial charge in [0.15, 0.2) is 0 Å². The average Bonchev–Trinajstić information content (AvgIpc) is 2.86. The maximum atomic E-state index is 12.3. The first-order valence-corrected chi connectivity index (χ1v) is 7.88. The van der Waals surface area contributed by atoms with Crippen molar-refractivity contribution in [1.82, 2.24) is 5.06 Å². The van der Waals surface area contributed by atoms with Gasteiger partial charge in [-0.1, -0.05) is 37.1 Å². The van der Waals surface area contributed by atoms with Crippen LogP contribution in [0, 0.1) is 0 Å². The standard InChI is InChI=1S/C19H17NO4/c1-3-12-9-10-14(11-13(12)4-2)19(23)24-20-17(21)15-7-5-6-8-16(15)18(20)22/h5-11H,3-4H2,1-2H3. The van der Waals surface area contributed by atoms with Crippen molar-refractivity contribution in [2.75, 3.05) is 0 Å². The molecule has 2 aromatic rings. The van der Waals surface area contributed by atoms with Crippen LogP contribution in [0.15, 0.2) is 42.5 Å². The third-order valence-corrected chi connectivity index (χ3v) is 4.13. The van der Waals surface area contributed by atoms with Gasteiger partial charge in [-0.3, -0.25) is 9.59 Å². The number of imide groups is 1. The summed E-state index contributed by atoms with van der Waals surface area (Å²) >= 11 is 0. The lowest BCUT2D eigenvalue weighted by Gasteiger charge is -2.14. The first-order chi connectivity index (χ1) is 11.6. The van der Waals surface area contributed by atoms with Crippen LogP contribution in [0.2, 0.25) is 0 Å². The predicted molar refractivity (Wildman–Crippen MR) is 87.6 cm³/mol. The molecule has 2 aromatic carbocycles. The molecular formula is C19H17NO4. The third-order valence-electron chi connectivity index (χ3n) is 4.13. The molecule has 0 unspecified atom stereocenters. The molecule has 0 saturated carbocycles. The van der Waals surface area contributed by atoms with Crippen molar-refractivity contribution in [3.05, 3.63) is 70.3 Å². The molecule has 0 radical (unpaired) electrons. The Morgan fingerprint density at radius 3 is 2.04 bits per heavy atom. The SMILES string of the molecule is CCc1ccc(C(=O)ON2C(=O)c3ccccc3C2=O)cc1CC. The highest BCUT2D eigenvalue weighted by molar-refractivity contribution is 6.21. The van der Waals surface area contributed by atoms with E-state index in [4.69, 9.17) is 4.84 Å².